The maximum absolute atomic E-state index is 2.41. The Balaban J connectivity index is 1.07. The molecule has 296 valence electrons. The molecule has 0 spiro atoms. The molecule has 0 atom stereocenters. The minimum absolute atomic E-state index is 0.0411. The third kappa shape index (κ3) is 7.78. The molecule has 0 bridgehead atoms. The molecule has 1 aliphatic carbocycles. The maximum Gasteiger partial charge on any atom is 0.0464 e. The van der Waals surface area contributed by atoms with Gasteiger partial charge in [0.2, 0.25) is 0 Å². The zero-order valence-corrected chi connectivity index (χ0v) is 35.4. The first-order chi connectivity index (χ1) is 29.4. The summed E-state index contributed by atoms with van der Waals surface area (Å²) in [6.45, 7) is 8.76. The summed E-state index contributed by atoms with van der Waals surface area (Å²) < 4.78 is 0. The van der Waals surface area contributed by atoms with Gasteiger partial charge in [-0.05, 0) is 158 Å². The molecule has 0 heterocycles. The molecular weight excluding hydrogens is 725 g/mol. The predicted octanol–water partition coefficient (Wildman–Crippen LogP) is 16.4. The Labute approximate surface area is 357 Å². The van der Waals surface area contributed by atoms with Crippen molar-refractivity contribution in [1.82, 2.24) is 0 Å². The Morgan fingerprint density at radius 3 is 1.02 bits per heavy atom. The van der Waals surface area contributed by atoms with Crippen molar-refractivity contribution in [3.8, 4) is 22.3 Å². The van der Waals surface area contributed by atoms with Gasteiger partial charge in [0.25, 0.3) is 0 Å². The molecule has 2 heteroatoms. The zero-order chi connectivity index (χ0) is 41.1. The lowest BCUT2D eigenvalue weighted by Gasteiger charge is -2.39. The van der Waals surface area contributed by atoms with E-state index >= 15 is 0 Å². The van der Waals surface area contributed by atoms with E-state index in [1.807, 2.05) is 0 Å². The summed E-state index contributed by atoms with van der Waals surface area (Å²) in [5.41, 5.74) is 19.8. The quantitative estimate of drug-likeness (QED) is 0.136. The molecule has 1 aliphatic rings. The minimum atomic E-state index is -0.0411. The van der Waals surface area contributed by atoms with Crippen LogP contribution in [0.1, 0.15) is 65.5 Å². The highest BCUT2D eigenvalue weighted by molar-refractivity contribution is 5.82. The Kier molecular flexibility index (Phi) is 11.0. The van der Waals surface area contributed by atoms with Gasteiger partial charge >= 0.3 is 0 Å². The molecule has 60 heavy (non-hydrogen) atoms. The van der Waals surface area contributed by atoms with E-state index < -0.39 is 0 Å². The fourth-order valence-electron chi connectivity index (χ4n) is 9.50. The molecule has 0 saturated heterocycles. The van der Waals surface area contributed by atoms with Gasteiger partial charge in [0.05, 0.1) is 0 Å². The fourth-order valence-corrected chi connectivity index (χ4v) is 9.50. The Bertz CT molecular complexity index is 2490. The number of hydrogen-bond donors (Lipinski definition) is 0. The number of hydrogen-bond acceptors (Lipinski definition) is 2. The number of anilines is 6. The molecule has 0 aromatic heterocycles. The van der Waals surface area contributed by atoms with E-state index in [1.54, 1.807) is 0 Å². The summed E-state index contributed by atoms with van der Waals surface area (Å²) >= 11 is 0. The molecule has 1 saturated carbocycles. The summed E-state index contributed by atoms with van der Waals surface area (Å²) in [5.74, 6) is 0. The van der Waals surface area contributed by atoms with E-state index in [9.17, 15) is 0 Å². The first-order valence-corrected chi connectivity index (χ1v) is 21.6. The summed E-state index contributed by atoms with van der Waals surface area (Å²) in [5, 5.41) is 0. The van der Waals surface area contributed by atoms with Crippen LogP contribution in [0.3, 0.4) is 0 Å². The Morgan fingerprint density at radius 1 is 0.333 bits per heavy atom. The first-order valence-electron chi connectivity index (χ1n) is 21.6. The van der Waals surface area contributed by atoms with E-state index in [0.29, 0.717) is 0 Å². The maximum atomic E-state index is 2.41. The molecule has 0 unspecified atom stereocenters. The van der Waals surface area contributed by atoms with E-state index in [0.717, 1.165) is 47.0 Å². The van der Waals surface area contributed by atoms with Gasteiger partial charge in [0, 0.05) is 39.5 Å². The molecule has 0 amide bonds. The average molecular weight is 779 g/mol. The van der Waals surface area contributed by atoms with E-state index in [4.69, 9.17) is 0 Å². The van der Waals surface area contributed by atoms with Crippen LogP contribution in [0.5, 0.6) is 0 Å². The SMILES string of the molecule is Cc1ccc(N(c2ccc(C3(c4ccc(N(c5ccc(C)cc5)c5ccc(-c6ccccc6)c(C)c5)cc4)CCCCC3)cc2)c2ccc(-c3ccccc3)c(C)c2)cc1. The van der Waals surface area contributed by atoms with Crippen molar-refractivity contribution in [3.63, 3.8) is 0 Å². The minimum Gasteiger partial charge on any atom is -0.310 e. The summed E-state index contributed by atoms with van der Waals surface area (Å²) in [6, 6.07) is 72.0. The number of benzene rings is 8. The van der Waals surface area contributed by atoms with Crippen LogP contribution < -0.4 is 9.80 Å². The molecule has 8 aromatic carbocycles. The normalized spacial score (nSPS) is 13.5. The van der Waals surface area contributed by atoms with Gasteiger partial charge in [-0.1, -0.05) is 152 Å². The second-order valence-corrected chi connectivity index (χ2v) is 16.8. The summed E-state index contributed by atoms with van der Waals surface area (Å²) in [6.07, 6.45) is 6.05. The summed E-state index contributed by atoms with van der Waals surface area (Å²) in [4.78, 5) is 4.81. The van der Waals surface area contributed by atoms with Crippen molar-refractivity contribution in [3.05, 3.63) is 228 Å². The lowest BCUT2D eigenvalue weighted by Crippen LogP contribution is -2.30. The molecule has 0 aliphatic heterocycles. The molecule has 0 N–H and O–H groups in total. The summed E-state index contributed by atoms with van der Waals surface area (Å²) in [7, 11) is 0. The van der Waals surface area contributed by atoms with Crippen LogP contribution in [0.2, 0.25) is 0 Å². The van der Waals surface area contributed by atoms with Crippen LogP contribution in [0.4, 0.5) is 34.1 Å². The predicted molar refractivity (Wildman–Crippen MR) is 256 cm³/mol. The highest BCUT2D eigenvalue weighted by atomic mass is 15.1. The second-order valence-electron chi connectivity index (χ2n) is 16.8. The van der Waals surface area contributed by atoms with Crippen LogP contribution in [0.15, 0.2) is 194 Å². The third-order valence-electron chi connectivity index (χ3n) is 12.8. The van der Waals surface area contributed by atoms with Gasteiger partial charge in [-0.3, -0.25) is 0 Å². The highest BCUT2D eigenvalue weighted by Crippen LogP contribution is 2.47. The van der Waals surface area contributed by atoms with Gasteiger partial charge in [-0.15, -0.1) is 0 Å². The smallest absolute Gasteiger partial charge is 0.0464 e. The molecular formula is C58H54N2. The highest BCUT2D eigenvalue weighted by Gasteiger charge is 2.36. The van der Waals surface area contributed by atoms with Gasteiger partial charge in [0.1, 0.15) is 0 Å². The fraction of sp³-hybridized carbons (Fsp3) is 0.172. The van der Waals surface area contributed by atoms with Gasteiger partial charge in [-0.25, -0.2) is 0 Å². The molecule has 9 rings (SSSR count). The largest absolute Gasteiger partial charge is 0.310 e. The van der Waals surface area contributed by atoms with Crippen molar-refractivity contribution in [2.45, 2.75) is 65.2 Å². The topological polar surface area (TPSA) is 6.48 Å². The monoisotopic (exact) mass is 778 g/mol. The molecule has 2 nitrogen and oxygen atoms in total. The van der Waals surface area contributed by atoms with Crippen molar-refractivity contribution in [2.75, 3.05) is 9.80 Å². The Hall–Kier alpha value is -6.64. The van der Waals surface area contributed by atoms with Gasteiger partial charge < -0.3 is 9.80 Å². The Morgan fingerprint density at radius 2 is 0.667 bits per heavy atom. The number of rotatable bonds is 10. The van der Waals surface area contributed by atoms with E-state index in [-0.39, 0.29) is 5.41 Å². The van der Waals surface area contributed by atoms with E-state index in [2.05, 4.69) is 232 Å². The zero-order valence-electron chi connectivity index (χ0n) is 35.4. The van der Waals surface area contributed by atoms with Crippen molar-refractivity contribution in [2.24, 2.45) is 0 Å². The molecule has 1 fully saturated rings. The molecule has 0 radical (unpaired) electrons. The van der Waals surface area contributed by atoms with Crippen LogP contribution in [0.25, 0.3) is 22.3 Å². The van der Waals surface area contributed by atoms with Gasteiger partial charge in [0.15, 0.2) is 0 Å². The van der Waals surface area contributed by atoms with Gasteiger partial charge in [-0.2, -0.15) is 0 Å². The van der Waals surface area contributed by atoms with Crippen molar-refractivity contribution >= 4 is 34.1 Å². The molecule has 8 aromatic rings. The van der Waals surface area contributed by atoms with Crippen LogP contribution in [-0.2, 0) is 5.41 Å². The van der Waals surface area contributed by atoms with Crippen molar-refractivity contribution in [1.29, 1.82) is 0 Å². The van der Waals surface area contributed by atoms with Crippen LogP contribution in [-0.4, -0.2) is 0 Å². The van der Waals surface area contributed by atoms with Crippen molar-refractivity contribution < 1.29 is 0 Å². The lowest BCUT2D eigenvalue weighted by molar-refractivity contribution is 0.346. The standard InChI is InChI=1S/C58H54N2/c1-42-18-26-50(27-19-42)59(54-34-36-56(44(3)40-54)46-14-8-5-9-15-46)52-30-22-48(23-31-52)58(38-12-7-13-39-58)49-24-32-53(33-25-49)60(51-28-20-43(2)21-29-51)55-35-37-57(45(4)41-55)47-16-10-6-11-17-47/h5-6,8-11,14-37,40-41H,7,12-13,38-39H2,1-4H3. The van der Waals surface area contributed by atoms with Crippen LogP contribution >= 0.6 is 0 Å². The van der Waals surface area contributed by atoms with Crippen LogP contribution in [0, 0.1) is 27.7 Å². The number of nitrogens with zero attached hydrogens (tertiary/aromatic N) is 2. The second kappa shape index (κ2) is 16.9. The third-order valence-corrected chi connectivity index (χ3v) is 12.8. The number of aryl methyl sites for hydroxylation is 4. The van der Waals surface area contributed by atoms with E-state index in [1.165, 1.54) is 74.9 Å². The average Bonchev–Trinajstić information content (AvgIpc) is 3.29. The first kappa shape index (κ1) is 38.9. The lowest BCUT2D eigenvalue weighted by atomic mass is 9.65.